The van der Waals surface area contributed by atoms with E-state index in [0.29, 0.717) is 26.4 Å². The zero-order chi connectivity index (χ0) is 15.7. The number of hydrogen-bond acceptors (Lipinski definition) is 4. The van der Waals surface area contributed by atoms with Gasteiger partial charge in [0.05, 0.1) is 13.2 Å². The van der Waals surface area contributed by atoms with Crippen LogP contribution in [-0.2, 0) is 14.2 Å². The Morgan fingerprint density at radius 2 is 1.57 bits per heavy atom. The lowest BCUT2D eigenvalue weighted by Crippen LogP contribution is -2.15. The fourth-order valence-electron chi connectivity index (χ4n) is 2.38. The number of Topliss-reactive ketones (excluding diaryl/α,β-unsaturated/α-hetero) is 1. The van der Waals surface area contributed by atoms with Crippen LogP contribution in [0.3, 0.4) is 0 Å². The van der Waals surface area contributed by atoms with Gasteiger partial charge in [0.2, 0.25) is 0 Å². The summed E-state index contributed by atoms with van der Waals surface area (Å²) in [6.07, 6.45) is 0.872. The highest BCUT2D eigenvalue weighted by atomic mass is 16.5. The summed E-state index contributed by atoms with van der Waals surface area (Å²) < 4.78 is 15.7. The number of ether oxygens (including phenoxy) is 3. The minimum Gasteiger partial charge on any atom is -0.385 e. The Bertz CT molecular complexity index is 431. The number of methoxy groups -OCH3 is 1. The summed E-state index contributed by atoms with van der Waals surface area (Å²) in [5, 5.41) is 0. The SMILES string of the molecule is COCCCOCCOCC(=O)c1c(C)cc(C)cc1C. The first-order chi connectivity index (χ1) is 10.1. The molecular weight excluding hydrogens is 268 g/mol. The summed E-state index contributed by atoms with van der Waals surface area (Å²) in [6.45, 7) is 8.36. The van der Waals surface area contributed by atoms with Gasteiger partial charge in [0, 0.05) is 25.9 Å². The molecular formula is C17H26O4. The molecule has 21 heavy (non-hydrogen) atoms. The third-order valence-electron chi connectivity index (χ3n) is 3.20. The Kier molecular flexibility index (Phi) is 8.20. The van der Waals surface area contributed by atoms with Gasteiger partial charge < -0.3 is 14.2 Å². The average Bonchev–Trinajstić information content (AvgIpc) is 2.40. The van der Waals surface area contributed by atoms with Gasteiger partial charge in [0.25, 0.3) is 0 Å². The van der Waals surface area contributed by atoms with Crippen molar-refractivity contribution in [2.75, 3.05) is 40.1 Å². The summed E-state index contributed by atoms with van der Waals surface area (Å²) in [5.74, 6) is 0.0318. The molecule has 1 rings (SSSR count). The fourth-order valence-corrected chi connectivity index (χ4v) is 2.38. The largest absolute Gasteiger partial charge is 0.385 e. The van der Waals surface area contributed by atoms with Crippen molar-refractivity contribution in [3.05, 3.63) is 34.4 Å². The van der Waals surface area contributed by atoms with Crippen molar-refractivity contribution >= 4 is 5.78 Å². The van der Waals surface area contributed by atoms with Crippen LogP contribution < -0.4 is 0 Å². The van der Waals surface area contributed by atoms with E-state index in [0.717, 1.165) is 23.1 Å². The molecule has 0 aliphatic rings. The molecule has 4 nitrogen and oxygen atoms in total. The van der Waals surface area contributed by atoms with Crippen molar-refractivity contribution in [1.29, 1.82) is 0 Å². The third kappa shape index (κ3) is 6.38. The van der Waals surface area contributed by atoms with E-state index in [1.54, 1.807) is 7.11 Å². The van der Waals surface area contributed by atoms with Crippen molar-refractivity contribution in [3.63, 3.8) is 0 Å². The molecule has 0 radical (unpaired) electrons. The molecule has 118 valence electrons. The monoisotopic (exact) mass is 294 g/mol. The molecule has 1 aromatic rings. The van der Waals surface area contributed by atoms with Crippen molar-refractivity contribution < 1.29 is 19.0 Å². The van der Waals surface area contributed by atoms with E-state index in [4.69, 9.17) is 14.2 Å². The standard InChI is InChI=1S/C17H26O4/c1-13-10-14(2)17(15(3)11-13)16(18)12-21-9-8-20-7-5-6-19-4/h10-11H,5-9,12H2,1-4H3. The summed E-state index contributed by atoms with van der Waals surface area (Å²) in [5.41, 5.74) is 3.97. The van der Waals surface area contributed by atoms with Crippen LogP contribution >= 0.6 is 0 Å². The van der Waals surface area contributed by atoms with Gasteiger partial charge in [-0.15, -0.1) is 0 Å². The van der Waals surface area contributed by atoms with Gasteiger partial charge in [-0.1, -0.05) is 17.7 Å². The van der Waals surface area contributed by atoms with Crippen LogP contribution in [0.5, 0.6) is 0 Å². The maximum atomic E-state index is 12.2. The van der Waals surface area contributed by atoms with Crippen LogP contribution in [0.15, 0.2) is 12.1 Å². The van der Waals surface area contributed by atoms with E-state index in [1.165, 1.54) is 5.56 Å². The first-order valence-corrected chi connectivity index (χ1v) is 7.31. The highest BCUT2D eigenvalue weighted by molar-refractivity contribution is 5.99. The first kappa shape index (κ1) is 17.8. The molecule has 0 N–H and O–H groups in total. The second kappa shape index (κ2) is 9.66. The molecule has 0 amide bonds. The van der Waals surface area contributed by atoms with Crippen LogP contribution in [-0.4, -0.2) is 45.9 Å². The van der Waals surface area contributed by atoms with Gasteiger partial charge in [-0.25, -0.2) is 0 Å². The minimum absolute atomic E-state index is 0.0318. The van der Waals surface area contributed by atoms with Crippen LogP contribution in [0, 0.1) is 20.8 Å². The first-order valence-electron chi connectivity index (χ1n) is 7.31. The van der Waals surface area contributed by atoms with Gasteiger partial charge >= 0.3 is 0 Å². The predicted molar refractivity (Wildman–Crippen MR) is 83.1 cm³/mol. The van der Waals surface area contributed by atoms with Gasteiger partial charge in [-0.05, 0) is 38.3 Å². The summed E-state index contributed by atoms with van der Waals surface area (Å²) in [4.78, 5) is 12.2. The molecule has 0 saturated heterocycles. The van der Waals surface area contributed by atoms with E-state index < -0.39 is 0 Å². The zero-order valence-electron chi connectivity index (χ0n) is 13.5. The van der Waals surface area contributed by atoms with E-state index in [9.17, 15) is 4.79 Å². The number of aryl methyl sites for hydroxylation is 3. The van der Waals surface area contributed by atoms with Crippen LogP contribution in [0.25, 0.3) is 0 Å². The van der Waals surface area contributed by atoms with E-state index >= 15 is 0 Å². The van der Waals surface area contributed by atoms with Crippen molar-refractivity contribution in [3.8, 4) is 0 Å². The number of hydrogen-bond donors (Lipinski definition) is 0. The molecule has 0 aromatic heterocycles. The zero-order valence-corrected chi connectivity index (χ0v) is 13.5. The van der Waals surface area contributed by atoms with Gasteiger partial charge in [0.1, 0.15) is 6.61 Å². The summed E-state index contributed by atoms with van der Waals surface area (Å²) in [7, 11) is 1.67. The number of ketones is 1. The maximum absolute atomic E-state index is 12.2. The van der Waals surface area contributed by atoms with Crippen LogP contribution in [0.1, 0.15) is 33.5 Å². The molecule has 1 aromatic carbocycles. The van der Waals surface area contributed by atoms with Gasteiger partial charge in [-0.3, -0.25) is 4.79 Å². The molecule has 0 bridgehead atoms. The molecule has 0 fully saturated rings. The molecule has 0 atom stereocenters. The Morgan fingerprint density at radius 1 is 0.952 bits per heavy atom. The second-order valence-electron chi connectivity index (χ2n) is 5.21. The molecule has 4 heteroatoms. The lowest BCUT2D eigenvalue weighted by molar-refractivity contribution is 0.0381. The number of carbonyl (C=O) groups excluding carboxylic acids is 1. The topological polar surface area (TPSA) is 44.8 Å². The quantitative estimate of drug-likeness (QED) is 0.492. The molecule has 0 spiro atoms. The van der Waals surface area contributed by atoms with Gasteiger partial charge in [-0.2, -0.15) is 0 Å². The lowest BCUT2D eigenvalue weighted by atomic mass is 9.97. The van der Waals surface area contributed by atoms with Crippen LogP contribution in [0.4, 0.5) is 0 Å². The number of benzene rings is 1. The highest BCUT2D eigenvalue weighted by Crippen LogP contribution is 2.17. The van der Waals surface area contributed by atoms with E-state index in [-0.39, 0.29) is 12.4 Å². The Morgan fingerprint density at radius 3 is 2.19 bits per heavy atom. The Balaban J connectivity index is 2.29. The lowest BCUT2D eigenvalue weighted by Gasteiger charge is -2.11. The Labute approximate surface area is 127 Å². The summed E-state index contributed by atoms with van der Waals surface area (Å²) in [6, 6.07) is 4.05. The summed E-state index contributed by atoms with van der Waals surface area (Å²) >= 11 is 0. The second-order valence-corrected chi connectivity index (χ2v) is 5.21. The fraction of sp³-hybridized carbons (Fsp3) is 0.588. The molecule has 0 saturated carbocycles. The predicted octanol–water partition coefficient (Wildman–Crippen LogP) is 2.86. The van der Waals surface area contributed by atoms with Crippen molar-refractivity contribution in [2.45, 2.75) is 27.2 Å². The number of rotatable bonds is 10. The smallest absolute Gasteiger partial charge is 0.188 e. The third-order valence-corrected chi connectivity index (χ3v) is 3.20. The van der Waals surface area contributed by atoms with Crippen molar-refractivity contribution in [2.24, 2.45) is 0 Å². The van der Waals surface area contributed by atoms with Crippen LogP contribution in [0.2, 0.25) is 0 Å². The maximum Gasteiger partial charge on any atom is 0.188 e. The van der Waals surface area contributed by atoms with Crippen molar-refractivity contribution in [1.82, 2.24) is 0 Å². The molecule has 0 unspecified atom stereocenters. The van der Waals surface area contributed by atoms with E-state index in [1.807, 2.05) is 32.9 Å². The normalized spacial score (nSPS) is 10.9. The Hall–Kier alpha value is -1.23. The highest BCUT2D eigenvalue weighted by Gasteiger charge is 2.12. The minimum atomic E-state index is 0.0318. The van der Waals surface area contributed by atoms with Gasteiger partial charge in [0.15, 0.2) is 5.78 Å². The molecule has 0 aliphatic carbocycles. The molecule has 0 aliphatic heterocycles. The molecule has 0 heterocycles. The average molecular weight is 294 g/mol. The number of carbonyl (C=O) groups is 1. The van der Waals surface area contributed by atoms with E-state index in [2.05, 4.69) is 0 Å².